The number of hydrogen-bond donors (Lipinski definition) is 1. The largest absolute Gasteiger partial charge is 0.481 e. The van der Waals surface area contributed by atoms with Crippen LogP contribution in [0.1, 0.15) is 271 Å². The number of rotatable bonds is 42. The molecule has 0 bridgehead atoms. The zero-order chi connectivity index (χ0) is 35.7. The van der Waals surface area contributed by atoms with E-state index in [0.717, 1.165) is 64.2 Å². The smallest absolute Gasteiger partial charge is 0.306 e. The molecule has 0 saturated carbocycles. The molecule has 1 N–H and O–H groups in total. The summed E-state index contributed by atoms with van der Waals surface area (Å²) in [6.45, 7) is 4.58. The van der Waals surface area contributed by atoms with Crippen LogP contribution in [0.15, 0.2) is 0 Å². The van der Waals surface area contributed by atoms with Crippen LogP contribution in [0.5, 0.6) is 0 Å². The van der Waals surface area contributed by atoms with Crippen molar-refractivity contribution >= 4 is 11.9 Å². The van der Waals surface area contributed by atoms with E-state index in [-0.39, 0.29) is 18.5 Å². The third-order valence-corrected chi connectivity index (χ3v) is 10.6. The highest BCUT2D eigenvalue weighted by Crippen LogP contribution is 2.20. The summed E-state index contributed by atoms with van der Waals surface area (Å²) in [4.78, 5) is 23.5. The molecule has 0 aromatic rings. The highest BCUT2D eigenvalue weighted by molar-refractivity contribution is 5.69. The SMILES string of the molecule is CCCCCCCCCCCCCCCCCCC(=O)OC(CCCCCCCCCCCCCCCCC)CCCCCCCC(=O)O. The number of aliphatic carboxylic acids is 1. The quantitative estimate of drug-likeness (QED) is 0.0511. The Morgan fingerprint density at radius 2 is 0.612 bits per heavy atom. The van der Waals surface area contributed by atoms with Crippen molar-refractivity contribution in [1.82, 2.24) is 0 Å². The Balaban J connectivity index is 3.94. The summed E-state index contributed by atoms with van der Waals surface area (Å²) in [7, 11) is 0. The first kappa shape index (κ1) is 47.9. The highest BCUT2D eigenvalue weighted by atomic mass is 16.5. The lowest BCUT2D eigenvalue weighted by Gasteiger charge is -2.18. The van der Waals surface area contributed by atoms with E-state index in [1.807, 2.05) is 0 Å². The van der Waals surface area contributed by atoms with Gasteiger partial charge < -0.3 is 9.84 Å². The first-order valence-corrected chi connectivity index (χ1v) is 22.5. The molecule has 0 aliphatic rings. The van der Waals surface area contributed by atoms with Crippen molar-refractivity contribution in [1.29, 1.82) is 0 Å². The van der Waals surface area contributed by atoms with Gasteiger partial charge in [0.2, 0.25) is 0 Å². The summed E-state index contributed by atoms with van der Waals surface area (Å²) in [6, 6.07) is 0. The van der Waals surface area contributed by atoms with Crippen molar-refractivity contribution in [3.05, 3.63) is 0 Å². The van der Waals surface area contributed by atoms with E-state index in [1.54, 1.807) is 0 Å². The van der Waals surface area contributed by atoms with Crippen LogP contribution in [0.4, 0.5) is 0 Å². The summed E-state index contributed by atoms with van der Waals surface area (Å²) < 4.78 is 6.04. The van der Waals surface area contributed by atoms with Gasteiger partial charge in [-0.1, -0.05) is 219 Å². The molecular weight excluding hydrogens is 604 g/mol. The number of carbonyl (C=O) groups excluding carboxylic acids is 1. The van der Waals surface area contributed by atoms with Crippen LogP contribution in [-0.2, 0) is 14.3 Å². The molecule has 292 valence electrons. The molecule has 0 radical (unpaired) electrons. The van der Waals surface area contributed by atoms with Gasteiger partial charge in [-0.3, -0.25) is 9.59 Å². The molecule has 0 amide bonds. The average Bonchev–Trinajstić information content (AvgIpc) is 3.09. The van der Waals surface area contributed by atoms with Crippen molar-refractivity contribution < 1.29 is 19.4 Å². The van der Waals surface area contributed by atoms with Crippen LogP contribution in [0.2, 0.25) is 0 Å². The van der Waals surface area contributed by atoms with E-state index < -0.39 is 5.97 Å². The van der Waals surface area contributed by atoms with Crippen LogP contribution < -0.4 is 0 Å². The average molecular weight is 693 g/mol. The minimum atomic E-state index is -0.695. The zero-order valence-electron chi connectivity index (χ0n) is 33.5. The topological polar surface area (TPSA) is 63.6 Å². The molecule has 0 aromatic carbocycles. The van der Waals surface area contributed by atoms with E-state index >= 15 is 0 Å². The Hall–Kier alpha value is -1.06. The first-order valence-electron chi connectivity index (χ1n) is 22.5. The number of carboxylic acid groups (broad SMARTS) is 1. The van der Waals surface area contributed by atoms with Gasteiger partial charge in [-0.05, 0) is 38.5 Å². The summed E-state index contributed by atoms with van der Waals surface area (Å²) in [6.07, 6.45) is 49.9. The summed E-state index contributed by atoms with van der Waals surface area (Å²) in [5.74, 6) is -0.683. The van der Waals surface area contributed by atoms with Crippen LogP contribution >= 0.6 is 0 Å². The van der Waals surface area contributed by atoms with Crippen LogP contribution in [0, 0.1) is 0 Å². The fraction of sp³-hybridized carbons (Fsp3) is 0.956. The minimum Gasteiger partial charge on any atom is -0.481 e. The second kappa shape index (κ2) is 41.4. The van der Waals surface area contributed by atoms with Gasteiger partial charge in [0.05, 0.1) is 0 Å². The molecule has 0 spiro atoms. The molecule has 0 aromatic heterocycles. The Kier molecular flexibility index (Phi) is 40.5. The van der Waals surface area contributed by atoms with Gasteiger partial charge in [0.1, 0.15) is 6.10 Å². The Labute approximate surface area is 307 Å². The second-order valence-electron chi connectivity index (χ2n) is 15.6. The monoisotopic (exact) mass is 693 g/mol. The van der Waals surface area contributed by atoms with Gasteiger partial charge in [0, 0.05) is 12.8 Å². The molecule has 0 rings (SSSR count). The fourth-order valence-electron chi connectivity index (χ4n) is 7.25. The third kappa shape index (κ3) is 41.2. The standard InChI is InChI=1S/C45H88O4/c1-3-5-7-9-11-13-15-17-19-21-23-25-27-29-34-38-42-45(48)49-43(40-36-32-30-33-37-41-44(46)47)39-35-31-28-26-24-22-20-18-16-14-12-10-8-6-4-2/h43H,3-42H2,1-2H3,(H,46,47). The molecule has 0 aliphatic heterocycles. The van der Waals surface area contributed by atoms with E-state index in [0.29, 0.717) is 6.42 Å². The Bertz CT molecular complexity index is 662. The van der Waals surface area contributed by atoms with Gasteiger partial charge in [0.15, 0.2) is 0 Å². The van der Waals surface area contributed by atoms with Crippen molar-refractivity contribution in [2.45, 2.75) is 277 Å². The van der Waals surface area contributed by atoms with E-state index in [1.165, 1.54) is 180 Å². The molecule has 4 heteroatoms. The Morgan fingerprint density at radius 3 is 0.898 bits per heavy atom. The van der Waals surface area contributed by atoms with Crippen LogP contribution in [0.3, 0.4) is 0 Å². The van der Waals surface area contributed by atoms with Gasteiger partial charge in [-0.25, -0.2) is 0 Å². The van der Waals surface area contributed by atoms with E-state index in [2.05, 4.69) is 13.8 Å². The summed E-state index contributed by atoms with van der Waals surface area (Å²) >= 11 is 0. The summed E-state index contributed by atoms with van der Waals surface area (Å²) in [5, 5.41) is 8.84. The second-order valence-corrected chi connectivity index (χ2v) is 15.6. The fourth-order valence-corrected chi connectivity index (χ4v) is 7.25. The van der Waals surface area contributed by atoms with Crippen LogP contribution in [-0.4, -0.2) is 23.1 Å². The normalized spacial score (nSPS) is 12.0. The van der Waals surface area contributed by atoms with Crippen molar-refractivity contribution in [3.63, 3.8) is 0 Å². The van der Waals surface area contributed by atoms with Gasteiger partial charge in [0.25, 0.3) is 0 Å². The Morgan fingerprint density at radius 1 is 0.367 bits per heavy atom. The molecule has 0 aliphatic carbocycles. The van der Waals surface area contributed by atoms with E-state index in [4.69, 9.17) is 9.84 Å². The molecule has 1 atom stereocenters. The first-order chi connectivity index (χ1) is 24.1. The molecule has 1 unspecified atom stereocenters. The maximum atomic E-state index is 12.7. The van der Waals surface area contributed by atoms with Gasteiger partial charge >= 0.3 is 11.9 Å². The highest BCUT2D eigenvalue weighted by Gasteiger charge is 2.14. The molecule has 0 saturated heterocycles. The molecular formula is C45H88O4. The third-order valence-electron chi connectivity index (χ3n) is 10.6. The van der Waals surface area contributed by atoms with Gasteiger partial charge in [-0.2, -0.15) is 0 Å². The zero-order valence-corrected chi connectivity index (χ0v) is 33.5. The maximum absolute atomic E-state index is 12.7. The lowest BCUT2D eigenvalue weighted by Crippen LogP contribution is -2.18. The summed E-state index contributed by atoms with van der Waals surface area (Å²) in [5.41, 5.74) is 0. The molecule has 0 fully saturated rings. The molecule has 0 heterocycles. The molecule has 49 heavy (non-hydrogen) atoms. The number of ether oxygens (including phenoxy) is 1. The van der Waals surface area contributed by atoms with Crippen LogP contribution in [0.25, 0.3) is 0 Å². The van der Waals surface area contributed by atoms with E-state index in [9.17, 15) is 9.59 Å². The predicted octanol–water partition coefficient (Wildman–Crippen LogP) is 15.6. The lowest BCUT2D eigenvalue weighted by atomic mass is 10.0. The number of esters is 1. The number of hydrogen-bond acceptors (Lipinski definition) is 3. The van der Waals surface area contributed by atoms with Gasteiger partial charge in [-0.15, -0.1) is 0 Å². The number of carbonyl (C=O) groups is 2. The van der Waals surface area contributed by atoms with Crippen molar-refractivity contribution in [3.8, 4) is 0 Å². The molecule has 4 nitrogen and oxygen atoms in total. The van der Waals surface area contributed by atoms with Crippen molar-refractivity contribution in [2.24, 2.45) is 0 Å². The van der Waals surface area contributed by atoms with Crippen molar-refractivity contribution in [2.75, 3.05) is 0 Å². The number of carboxylic acids is 1. The lowest BCUT2D eigenvalue weighted by molar-refractivity contribution is -0.150. The minimum absolute atomic E-state index is 0.0118. The number of unbranched alkanes of at least 4 members (excludes halogenated alkanes) is 33. The predicted molar refractivity (Wildman–Crippen MR) is 214 cm³/mol. The maximum Gasteiger partial charge on any atom is 0.306 e.